The Morgan fingerprint density at radius 3 is 1.62 bits per heavy atom. The average Bonchev–Trinajstić information content (AvgIpc) is 3.07. The normalized spacial score (nSPS) is 15.6. The third-order valence-electron chi connectivity index (χ3n) is 9.04. The highest BCUT2D eigenvalue weighted by Gasteiger charge is 2.24. The molecule has 2 fully saturated rings. The Balaban J connectivity index is 0.000000178. The van der Waals surface area contributed by atoms with Gasteiger partial charge in [-0.25, -0.2) is 0 Å². The SMILES string of the molecule is NC(=O)c1ccc(N)cc1N1CCC(Cc2ccccc2)CC1.Nc1ccc(C(=O)N2CCC(Cc3ccccc3)CC2)cc1. The van der Waals surface area contributed by atoms with Gasteiger partial charge < -0.3 is 27.0 Å². The number of nitrogen functional groups attached to an aromatic ring is 2. The molecule has 0 aliphatic carbocycles. The van der Waals surface area contributed by atoms with Gasteiger partial charge in [-0.05, 0) is 104 Å². The van der Waals surface area contributed by atoms with Gasteiger partial charge in [0.25, 0.3) is 11.8 Å². The molecule has 0 atom stereocenters. The molecular formula is C38H45N5O2. The summed E-state index contributed by atoms with van der Waals surface area (Å²) in [5, 5.41) is 0. The van der Waals surface area contributed by atoms with E-state index in [4.69, 9.17) is 17.2 Å². The lowest BCUT2D eigenvalue weighted by Gasteiger charge is -2.34. The first-order valence-corrected chi connectivity index (χ1v) is 16.0. The third kappa shape index (κ3) is 8.88. The zero-order valence-corrected chi connectivity index (χ0v) is 26.0. The van der Waals surface area contributed by atoms with Gasteiger partial charge in [0.15, 0.2) is 0 Å². The highest BCUT2D eigenvalue weighted by Crippen LogP contribution is 2.29. The number of anilines is 3. The molecular weight excluding hydrogens is 558 g/mol. The Kier molecular flexibility index (Phi) is 10.7. The summed E-state index contributed by atoms with van der Waals surface area (Å²) in [5.41, 5.74) is 23.4. The standard InChI is InChI=1S/C19H23N3O.C19H22N2O/c20-16-6-7-17(19(21)23)18(13-16)22-10-8-15(9-11-22)12-14-4-2-1-3-5-14;20-18-8-6-17(7-9-18)19(22)21-12-10-16(11-13-21)14-15-4-2-1-3-5-15/h1-7,13,15H,8-12,20H2,(H2,21,23);1-9,16H,10-14,20H2. The average molecular weight is 604 g/mol. The van der Waals surface area contributed by atoms with Crippen LogP contribution in [0.25, 0.3) is 0 Å². The van der Waals surface area contributed by atoms with Gasteiger partial charge in [-0.3, -0.25) is 9.59 Å². The van der Waals surface area contributed by atoms with Crippen LogP contribution in [0.15, 0.2) is 103 Å². The van der Waals surface area contributed by atoms with E-state index in [9.17, 15) is 9.59 Å². The second-order valence-electron chi connectivity index (χ2n) is 12.3. The van der Waals surface area contributed by atoms with Gasteiger partial charge in [-0.2, -0.15) is 0 Å². The first-order valence-electron chi connectivity index (χ1n) is 16.0. The molecule has 6 rings (SSSR count). The summed E-state index contributed by atoms with van der Waals surface area (Å²) in [7, 11) is 0. The molecule has 7 heteroatoms. The van der Waals surface area contributed by atoms with Gasteiger partial charge in [0.1, 0.15) is 0 Å². The van der Waals surface area contributed by atoms with Gasteiger partial charge in [0.2, 0.25) is 0 Å². The van der Waals surface area contributed by atoms with Crippen molar-refractivity contribution in [2.24, 2.45) is 17.6 Å². The van der Waals surface area contributed by atoms with Crippen LogP contribution in [0.1, 0.15) is 57.5 Å². The predicted octanol–water partition coefficient (Wildman–Crippen LogP) is 6.19. The fourth-order valence-electron chi connectivity index (χ4n) is 6.44. The number of rotatable bonds is 7. The lowest BCUT2D eigenvalue weighted by Crippen LogP contribution is -2.38. The van der Waals surface area contributed by atoms with Crippen molar-refractivity contribution in [3.63, 3.8) is 0 Å². The van der Waals surface area contributed by atoms with Gasteiger partial charge in [-0.1, -0.05) is 60.7 Å². The molecule has 2 aliphatic heterocycles. The van der Waals surface area contributed by atoms with E-state index in [2.05, 4.69) is 65.6 Å². The lowest BCUT2D eigenvalue weighted by molar-refractivity contribution is 0.0690. The van der Waals surface area contributed by atoms with Crippen LogP contribution in [0, 0.1) is 11.8 Å². The van der Waals surface area contributed by atoms with Crippen molar-refractivity contribution >= 4 is 28.9 Å². The van der Waals surface area contributed by atoms with Crippen LogP contribution in [0.3, 0.4) is 0 Å². The second-order valence-corrected chi connectivity index (χ2v) is 12.3. The first kappa shape index (κ1) is 31.6. The molecule has 2 saturated heterocycles. The van der Waals surface area contributed by atoms with Crippen molar-refractivity contribution in [3.05, 3.63) is 125 Å². The minimum Gasteiger partial charge on any atom is -0.399 e. The minimum atomic E-state index is -0.397. The number of amides is 2. The summed E-state index contributed by atoms with van der Waals surface area (Å²) in [4.78, 5) is 28.3. The highest BCUT2D eigenvalue weighted by atomic mass is 16.2. The summed E-state index contributed by atoms with van der Waals surface area (Å²) in [5.74, 6) is 1.09. The molecule has 6 N–H and O–H groups in total. The van der Waals surface area contributed by atoms with Crippen LogP contribution in [-0.4, -0.2) is 42.9 Å². The maximum absolute atomic E-state index is 12.5. The topological polar surface area (TPSA) is 119 Å². The van der Waals surface area contributed by atoms with Crippen molar-refractivity contribution in [2.75, 3.05) is 42.5 Å². The quantitative estimate of drug-likeness (QED) is 0.218. The van der Waals surface area contributed by atoms with Gasteiger partial charge in [0, 0.05) is 43.1 Å². The number of nitrogens with two attached hydrogens (primary N) is 3. The van der Waals surface area contributed by atoms with Crippen LogP contribution >= 0.6 is 0 Å². The summed E-state index contributed by atoms with van der Waals surface area (Å²) >= 11 is 0. The zero-order valence-electron chi connectivity index (χ0n) is 26.0. The Labute approximate surface area is 267 Å². The van der Waals surface area contributed by atoms with Crippen LogP contribution in [-0.2, 0) is 12.8 Å². The highest BCUT2D eigenvalue weighted by molar-refractivity contribution is 5.99. The molecule has 2 heterocycles. The molecule has 0 unspecified atom stereocenters. The monoisotopic (exact) mass is 603 g/mol. The smallest absolute Gasteiger partial charge is 0.253 e. The fourth-order valence-corrected chi connectivity index (χ4v) is 6.44. The lowest BCUT2D eigenvalue weighted by atomic mass is 9.89. The number of likely N-dealkylation sites (tertiary alicyclic amines) is 1. The van der Waals surface area contributed by atoms with Crippen LogP contribution in [0.4, 0.5) is 17.1 Å². The van der Waals surface area contributed by atoms with E-state index in [0.717, 1.165) is 76.0 Å². The number of piperidine rings is 2. The molecule has 0 saturated carbocycles. The van der Waals surface area contributed by atoms with Crippen molar-refractivity contribution in [2.45, 2.75) is 38.5 Å². The van der Waals surface area contributed by atoms with Gasteiger partial charge in [-0.15, -0.1) is 0 Å². The molecule has 0 radical (unpaired) electrons. The van der Waals surface area contributed by atoms with E-state index in [1.54, 1.807) is 24.3 Å². The van der Waals surface area contributed by atoms with E-state index in [0.29, 0.717) is 28.8 Å². The van der Waals surface area contributed by atoms with Crippen molar-refractivity contribution in [3.8, 4) is 0 Å². The number of carbonyl (C=O) groups excluding carboxylic acids is 2. The minimum absolute atomic E-state index is 0.123. The van der Waals surface area contributed by atoms with E-state index in [1.165, 1.54) is 11.1 Å². The van der Waals surface area contributed by atoms with Crippen molar-refractivity contribution < 1.29 is 9.59 Å². The predicted molar refractivity (Wildman–Crippen MR) is 184 cm³/mol. The first-order chi connectivity index (χ1) is 21.9. The molecule has 4 aromatic carbocycles. The second kappa shape index (κ2) is 15.3. The molecule has 2 aliphatic rings. The van der Waals surface area contributed by atoms with Gasteiger partial charge >= 0.3 is 0 Å². The van der Waals surface area contributed by atoms with Crippen LogP contribution in [0.5, 0.6) is 0 Å². The summed E-state index contributed by atoms with van der Waals surface area (Å²) in [6.07, 6.45) is 6.62. The summed E-state index contributed by atoms with van der Waals surface area (Å²) in [6, 6.07) is 33.7. The van der Waals surface area contributed by atoms with Crippen LogP contribution < -0.4 is 22.1 Å². The van der Waals surface area contributed by atoms with Crippen molar-refractivity contribution in [1.82, 2.24) is 4.90 Å². The molecule has 234 valence electrons. The maximum Gasteiger partial charge on any atom is 0.253 e. The molecule has 45 heavy (non-hydrogen) atoms. The number of hydrogen-bond donors (Lipinski definition) is 3. The molecule has 0 bridgehead atoms. The van der Waals surface area contributed by atoms with E-state index in [-0.39, 0.29) is 5.91 Å². The van der Waals surface area contributed by atoms with Gasteiger partial charge in [0.05, 0.1) is 11.3 Å². The number of benzene rings is 4. The summed E-state index contributed by atoms with van der Waals surface area (Å²) < 4.78 is 0. The molecule has 0 aromatic heterocycles. The number of primary amides is 1. The van der Waals surface area contributed by atoms with E-state index in [1.807, 2.05) is 23.1 Å². The Morgan fingerprint density at radius 1 is 0.622 bits per heavy atom. The molecule has 7 nitrogen and oxygen atoms in total. The molecule has 2 amide bonds. The van der Waals surface area contributed by atoms with Crippen LogP contribution in [0.2, 0.25) is 0 Å². The Bertz CT molecular complexity index is 1530. The zero-order chi connectivity index (χ0) is 31.6. The molecule has 0 spiro atoms. The maximum atomic E-state index is 12.5. The largest absolute Gasteiger partial charge is 0.399 e. The summed E-state index contributed by atoms with van der Waals surface area (Å²) in [6.45, 7) is 3.56. The van der Waals surface area contributed by atoms with E-state index >= 15 is 0 Å². The fraction of sp³-hybridized carbons (Fsp3) is 0.316. The third-order valence-corrected chi connectivity index (χ3v) is 9.04. The van der Waals surface area contributed by atoms with Crippen molar-refractivity contribution in [1.29, 1.82) is 0 Å². The Morgan fingerprint density at radius 2 is 1.11 bits per heavy atom. The number of nitrogens with zero attached hydrogens (tertiary/aromatic N) is 2. The van der Waals surface area contributed by atoms with E-state index < -0.39 is 5.91 Å². The number of carbonyl (C=O) groups is 2. The Hall–Kier alpha value is -4.78. The molecule has 4 aromatic rings. The number of hydrogen-bond acceptors (Lipinski definition) is 5.